The highest BCUT2D eigenvalue weighted by molar-refractivity contribution is 6.31. The van der Waals surface area contributed by atoms with Crippen LogP contribution >= 0.6 is 11.6 Å². The molecule has 0 aromatic heterocycles. The van der Waals surface area contributed by atoms with Gasteiger partial charge in [-0.05, 0) is 66.1 Å². The van der Waals surface area contributed by atoms with Gasteiger partial charge in [0.2, 0.25) is 0 Å². The number of rotatable bonds is 5. The molecule has 0 spiro atoms. The van der Waals surface area contributed by atoms with Gasteiger partial charge in [-0.2, -0.15) is 0 Å². The van der Waals surface area contributed by atoms with Gasteiger partial charge in [-0.1, -0.05) is 66.2 Å². The summed E-state index contributed by atoms with van der Waals surface area (Å²) in [6.45, 7) is 1.89. The van der Waals surface area contributed by atoms with Crippen molar-refractivity contribution in [2.24, 2.45) is 0 Å². The van der Waals surface area contributed by atoms with Gasteiger partial charge in [0.25, 0.3) is 5.91 Å². The number of benzene rings is 4. The van der Waals surface area contributed by atoms with E-state index in [1.54, 1.807) is 42.5 Å². The Kier molecular flexibility index (Phi) is 6.72. The maximum absolute atomic E-state index is 12.9. The van der Waals surface area contributed by atoms with Gasteiger partial charge in [0.15, 0.2) is 0 Å². The lowest BCUT2D eigenvalue weighted by atomic mass is 9.99. The molecule has 0 heterocycles. The number of urea groups is 1. The molecular weight excluding hydrogens is 434 g/mol. The van der Waals surface area contributed by atoms with Crippen LogP contribution < -0.4 is 16.0 Å². The van der Waals surface area contributed by atoms with Crippen molar-refractivity contribution in [2.45, 2.75) is 6.92 Å². The molecule has 3 amide bonds. The Bertz CT molecular complexity index is 1290. The predicted octanol–water partition coefficient (Wildman–Crippen LogP) is 7.21. The first-order valence-corrected chi connectivity index (χ1v) is 10.8. The highest BCUT2D eigenvalue weighted by atomic mass is 35.5. The molecule has 6 heteroatoms. The van der Waals surface area contributed by atoms with Crippen molar-refractivity contribution in [1.82, 2.24) is 0 Å². The predicted molar refractivity (Wildman–Crippen MR) is 135 cm³/mol. The van der Waals surface area contributed by atoms with Crippen molar-refractivity contribution in [3.63, 3.8) is 0 Å². The van der Waals surface area contributed by atoms with Crippen molar-refractivity contribution >= 4 is 40.6 Å². The second-order valence-corrected chi connectivity index (χ2v) is 7.92. The fourth-order valence-electron chi connectivity index (χ4n) is 3.40. The quantitative estimate of drug-likeness (QED) is 0.297. The van der Waals surface area contributed by atoms with Gasteiger partial charge in [0.05, 0.1) is 0 Å². The molecule has 0 saturated carbocycles. The van der Waals surface area contributed by atoms with Crippen LogP contribution in [0.5, 0.6) is 0 Å². The number of aryl methyl sites for hydroxylation is 1. The maximum atomic E-state index is 12.9. The second kappa shape index (κ2) is 10.0. The fraction of sp³-hybridized carbons (Fsp3) is 0.0370. The van der Waals surface area contributed by atoms with E-state index in [2.05, 4.69) is 16.0 Å². The van der Waals surface area contributed by atoms with Gasteiger partial charge in [0.1, 0.15) is 0 Å². The van der Waals surface area contributed by atoms with Gasteiger partial charge >= 0.3 is 6.03 Å². The first-order chi connectivity index (χ1) is 16.0. The van der Waals surface area contributed by atoms with Crippen LogP contribution in [-0.2, 0) is 0 Å². The zero-order valence-corrected chi connectivity index (χ0v) is 18.7. The molecule has 0 aliphatic heterocycles. The first-order valence-electron chi connectivity index (χ1n) is 10.4. The number of carbonyl (C=O) groups excluding carboxylic acids is 2. The molecule has 5 nitrogen and oxygen atoms in total. The normalized spacial score (nSPS) is 10.4. The second-order valence-electron chi connectivity index (χ2n) is 7.48. The van der Waals surface area contributed by atoms with Crippen molar-refractivity contribution < 1.29 is 9.59 Å². The summed E-state index contributed by atoms with van der Waals surface area (Å²) in [5.41, 5.74) is 5.19. The van der Waals surface area contributed by atoms with Crippen molar-refractivity contribution in [2.75, 3.05) is 16.0 Å². The van der Waals surface area contributed by atoms with E-state index in [1.165, 1.54) is 0 Å². The lowest BCUT2D eigenvalue weighted by molar-refractivity contribution is 0.102. The van der Waals surface area contributed by atoms with Crippen molar-refractivity contribution in [3.05, 3.63) is 113 Å². The van der Waals surface area contributed by atoms with Crippen LogP contribution in [0.15, 0.2) is 97.1 Å². The lowest BCUT2D eigenvalue weighted by Crippen LogP contribution is -2.20. The van der Waals surface area contributed by atoms with E-state index in [4.69, 9.17) is 11.6 Å². The molecule has 0 atom stereocenters. The third kappa shape index (κ3) is 5.59. The number of nitrogens with one attached hydrogen (secondary N) is 3. The minimum atomic E-state index is -0.381. The monoisotopic (exact) mass is 455 g/mol. The number of anilines is 3. The molecule has 0 saturated heterocycles. The molecule has 4 aromatic rings. The number of halogens is 1. The number of carbonyl (C=O) groups is 2. The molecule has 4 rings (SSSR count). The van der Waals surface area contributed by atoms with Crippen molar-refractivity contribution in [1.29, 1.82) is 0 Å². The standard InChI is InChI=1S/C27H22ClN3O2/c1-18-11-12-20(28)17-25(18)31-27(33)30-22-15-13-21(14-16-22)29-26(32)24-10-6-5-9-23(24)19-7-3-2-4-8-19/h2-17H,1H3,(H,29,32)(H2,30,31,33). The zero-order chi connectivity index (χ0) is 23.2. The minimum Gasteiger partial charge on any atom is -0.322 e. The smallest absolute Gasteiger partial charge is 0.322 e. The van der Waals surface area contributed by atoms with E-state index in [-0.39, 0.29) is 11.9 Å². The molecule has 0 bridgehead atoms. The molecular formula is C27H22ClN3O2. The number of amides is 3. The number of hydrogen-bond acceptors (Lipinski definition) is 2. The lowest BCUT2D eigenvalue weighted by Gasteiger charge is -2.12. The first kappa shape index (κ1) is 22.1. The van der Waals surface area contributed by atoms with Gasteiger partial charge in [-0.3, -0.25) is 4.79 Å². The molecule has 4 aromatic carbocycles. The summed E-state index contributed by atoms with van der Waals surface area (Å²) in [6, 6.07) is 29.1. The summed E-state index contributed by atoms with van der Waals surface area (Å²) in [5, 5.41) is 9.03. The summed E-state index contributed by atoms with van der Waals surface area (Å²) in [4.78, 5) is 25.3. The Hall–Kier alpha value is -4.09. The van der Waals surface area contributed by atoms with Crippen LogP contribution in [0.25, 0.3) is 11.1 Å². The van der Waals surface area contributed by atoms with E-state index < -0.39 is 0 Å². The Morgan fingerprint density at radius 3 is 2.06 bits per heavy atom. The van der Waals surface area contributed by atoms with E-state index in [1.807, 2.05) is 61.5 Å². The zero-order valence-electron chi connectivity index (χ0n) is 17.9. The average Bonchev–Trinajstić information content (AvgIpc) is 2.83. The van der Waals surface area contributed by atoms with Crippen LogP contribution in [0, 0.1) is 6.92 Å². The van der Waals surface area contributed by atoms with Crippen LogP contribution in [0.1, 0.15) is 15.9 Å². The summed E-state index contributed by atoms with van der Waals surface area (Å²) in [7, 11) is 0. The molecule has 0 fully saturated rings. The molecule has 164 valence electrons. The highest BCUT2D eigenvalue weighted by Gasteiger charge is 2.13. The SMILES string of the molecule is Cc1ccc(Cl)cc1NC(=O)Nc1ccc(NC(=O)c2ccccc2-c2ccccc2)cc1. The van der Waals surface area contributed by atoms with Crippen LogP contribution in [0.4, 0.5) is 21.9 Å². The van der Waals surface area contributed by atoms with Crippen LogP contribution in [0.3, 0.4) is 0 Å². The van der Waals surface area contributed by atoms with E-state index >= 15 is 0 Å². The third-order valence-corrected chi connectivity index (χ3v) is 5.34. The Labute approximate surface area is 197 Å². The largest absolute Gasteiger partial charge is 0.323 e. The molecule has 0 aliphatic rings. The van der Waals surface area contributed by atoms with E-state index in [9.17, 15) is 9.59 Å². The average molecular weight is 456 g/mol. The topological polar surface area (TPSA) is 70.2 Å². The fourth-order valence-corrected chi connectivity index (χ4v) is 3.57. The van der Waals surface area contributed by atoms with Gasteiger partial charge in [-0.25, -0.2) is 4.79 Å². The molecule has 3 N–H and O–H groups in total. The summed E-state index contributed by atoms with van der Waals surface area (Å²) >= 11 is 6.00. The van der Waals surface area contributed by atoms with Crippen LogP contribution in [0.2, 0.25) is 5.02 Å². The molecule has 0 unspecified atom stereocenters. The van der Waals surface area contributed by atoms with Crippen LogP contribution in [-0.4, -0.2) is 11.9 Å². The Balaban J connectivity index is 1.42. The van der Waals surface area contributed by atoms with Gasteiger partial charge in [0, 0.05) is 27.6 Å². The van der Waals surface area contributed by atoms with Gasteiger partial charge < -0.3 is 16.0 Å². The van der Waals surface area contributed by atoms with Gasteiger partial charge in [-0.15, -0.1) is 0 Å². The Morgan fingerprint density at radius 1 is 0.697 bits per heavy atom. The van der Waals surface area contributed by atoms with Crippen molar-refractivity contribution in [3.8, 4) is 11.1 Å². The third-order valence-electron chi connectivity index (χ3n) is 5.10. The molecule has 0 aliphatic carbocycles. The summed E-state index contributed by atoms with van der Waals surface area (Å²) in [6.07, 6.45) is 0. The summed E-state index contributed by atoms with van der Waals surface area (Å²) in [5.74, 6) is -0.204. The Morgan fingerprint density at radius 2 is 1.33 bits per heavy atom. The number of hydrogen-bond donors (Lipinski definition) is 3. The van der Waals surface area contributed by atoms with E-state index in [0.29, 0.717) is 27.6 Å². The minimum absolute atomic E-state index is 0.204. The maximum Gasteiger partial charge on any atom is 0.323 e. The summed E-state index contributed by atoms with van der Waals surface area (Å²) < 4.78 is 0. The van der Waals surface area contributed by atoms with E-state index in [0.717, 1.165) is 16.7 Å². The highest BCUT2D eigenvalue weighted by Crippen LogP contribution is 2.25. The molecule has 0 radical (unpaired) electrons. The molecule has 33 heavy (non-hydrogen) atoms.